The molecule has 0 aromatic carbocycles. The summed E-state index contributed by atoms with van der Waals surface area (Å²) in [5.41, 5.74) is 4.13. The predicted molar refractivity (Wildman–Crippen MR) is 57.6 cm³/mol. The maximum absolute atomic E-state index is 5.49. The highest BCUT2D eigenvalue weighted by atomic mass is 32.1. The average molecular weight is 199 g/mol. The molecule has 13 heavy (non-hydrogen) atoms. The van der Waals surface area contributed by atoms with Gasteiger partial charge in [0.25, 0.3) is 0 Å². The minimum absolute atomic E-state index is 0.286. The first kappa shape index (κ1) is 10.7. The van der Waals surface area contributed by atoms with Crippen molar-refractivity contribution < 1.29 is 0 Å². The summed E-state index contributed by atoms with van der Waals surface area (Å²) in [5.74, 6) is 5.49. The lowest BCUT2D eigenvalue weighted by Crippen LogP contribution is -2.30. The number of rotatable bonds is 5. The minimum Gasteiger partial charge on any atom is -0.309 e. The highest BCUT2D eigenvalue weighted by Crippen LogP contribution is 2.18. The molecular formula is C9H17N3S. The molecule has 74 valence electrons. The molecule has 0 spiro atoms. The van der Waals surface area contributed by atoms with Crippen molar-refractivity contribution in [3.05, 3.63) is 22.4 Å². The van der Waals surface area contributed by atoms with Gasteiger partial charge in [-0.2, -0.15) is 11.3 Å². The number of hydrazine groups is 1. The molecule has 3 nitrogen and oxygen atoms in total. The van der Waals surface area contributed by atoms with E-state index in [0.29, 0.717) is 0 Å². The lowest BCUT2D eigenvalue weighted by molar-refractivity contribution is 0.363. The van der Waals surface area contributed by atoms with Gasteiger partial charge < -0.3 is 4.90 Å². The number of hydrogen-bond acceptors (Lipinski definition) is 4. The van der Waals surface area contributed by atoms with E-state index in [1.54, 1.807) is 11.3 Å². The molecule has 1 aromatic heterocycles. The van der Waals surface area contributed by atoms with Crippen LogP contribution in [0.15, 0.2) is 16.8 Å². The van der Waals surface area contributed by atoms with E-state index >= 15 is 0 Å². The first-order valence-corrected chi connectivity index (χ1v) is 5.31. The highest BCUT2D eigenvalue weighted by Gasteiger charge is 2.09. The summed E-state index contributed by atoms with van der Waals surface area (Å²) in [6.45, 7) is 1.05. The molecule has 0 bridgehead atoms. The van der Waals surface area contributed by atoms with E-state index in [4.69, 9.17) is 5.84 Å². The van der Waals surface area contributed by atoms with Crippen LogP contribution in [0.4, 0.5) is 0 Å². The minimum atomic E-state index is 0.286. The second kappa shape index (κ2) is 5.34. The quantitative estimate of drug-likeness (QED) is 0.553. The summed E-state index contributed by atoms with van der Waals surface area (Å²) in [5, 5.41) is 4.22. The van der Waals surface area contributed by atoms with E-state index in [2.05, 4.69) is 41.2 Å². The maximum Gasteiger partial charge on any atom is 0.0480 e. The van der Waals surface area contributed by atoms with E-state index in [9.17, 15) is 0 Å². The van der Waals surface area contributed by atoms with Gasteiger partial charge in [0, 0.05) is 6.04 Å². The molecular weight excluding hydrogens is 182 g/mol. The van der Waals surface area contributed by atoms with E-state index in [0.717, 1.165) is 13.0 Å². The van der Waals surface area contributed by atoms with E-state index in [-0.39, 0.29) is 6.04 Å². The maximum atomic E-state index is 5.49. The Hall–Kier alpha value is -0.420. The molecule has 3 N–H and O–H groups in total. The molecule has 1 atom stereocenters. The van der Waals surface area contributed by atoms with Gasteiger partial charge in [0.15, 0.2) is 0 Å². The third kappa shape index (κ3) is 3.44. The smallest absolute Gasteiger partial charge is 0.0480 e. The Kier molecular flexibility index (Phi) is 4.38. The zero-order valence-corrected chi connectivity index (χ0v) is 8.97. The van der Waals surface area contributed by atoms with Gasteiger partial charge in [-0.3, -0.25) is 11.3 Å². The summed E-state index contributed by atoms with van der Waals surface area (Å²) >= 11 is 1.71. The van der Waals surface area contributed by atoms with Crippen LogP contribution in [0.2, 0.25) is 0 Å². The molecule has 1 heterocycles. The Labute approximate surface area is 83.5 Å². The van der Waals surface area contributed by atoms with Crippen molar-refractivity contribution in [2.45, 2.75) is 12.5 Å². The van der Waals surface area contributed by atoms with Crippen LogP contribution in [0, 0.1) is 0 Å². The fourth-order valence-corrected chi connectivity index (χ4v) is 1.92. The van der Waals surface area contributed by atoms with E-state index in [1.807, 2.05) is 0 Å². The van der Waals surface area contributed by atoms with Crippen molar-refractivity contribution in [3.8, 4) is 0 Å². The Bertz CT molecular complexity index is 221. The Balaban J connectivity index is 2.44. The van der Waals surface area contributed by atoms with Gasteiger partial charge in [-0.25, -0.2) is 0 Å². The Morgan fingerprint density at radius 1 is 1.62 bits per heavy atom. The summed E-state index contributed by atoms with van der Waals surface area (Å²) in [6, 6.07) is 2.40. The van der Waals surface area contributed by atoms with Gasteiger partial charge in [0.1, 0.15) is 0 Å². The second-order valence-corrected chi connectivity index (χ2v) is 4.15. The second-order valence-electron chi connectivity index (χ2n) is 3.37. The standard InChI is InChI=1S/C9H17N3S/c1-12(2)5-3-9(11-10)8-4-6-13-7-8/h4,6-7,9,11H,3,5,10H2,1-2H3. The van der Waals surface area contributed by atoms with Gasteiger partial charge in [-0.1, -0.05) is 0 Å². The van der Waals surface area contributed by atoms with Gasteiger partial charge in [0.2, 0.25) is 0 Å². The van der Waals surface area contributed by atoms with Gasteiger partial charge >= 0.3 is 0 Å². The normalized spacial score (nSPS) is 13.5. The Morgan fingerprint density at radius 3 is 2.85 bits per heavy atom. The summed E-state index contributed by atoms with van der Waals surface area (Å²) < 4.78 is 0. The number of hydrogen-bond donors (Lipinski definition) is 2. The van der Waals surface area contributed by atoms with Crippen LogP contribution in [0.3, 0.4) is 0 Å². The van der Waals surface area contributed by atoms with Crippen LogP contribution in [0.1, 0.15) is 18.0 Å². The van der Waals surface area contributed by atoms with Crippen LogP contribution < -0.4 is 11.3 Å². The number of nitrogens with one attached hydrogen (secondary N) is 1. The van der Waals surface area contributed by atoms with Crippen molar-refractivity contribution in [2.75, 3.05) is 20.6 Å². The van der Waals surface area contributed by atoms with Crippen LogP contribution in [0.25, 0.3) is 0 Å². The first-order chi connectivity index (χ1) is 6.24. The third-order valence-corrected chi connectivity index (χ3v) is 2.71. The summed E-state index contributed by atoms with van der Waals surface area (Å²) in [4.78, 5) is 2.16. The van der Waals surface area contributed by atoms with Crippen molar-refractivity contribution in [1.29, 1.82) is 0 Å². The summed E-state index contributed by atoms with van der Waals surface area (Å²) in [7, 11) is 4.14. The zero-order valence-electron chi connectivity index (χ0n) is 8.16. The zero-order chi connectivity index (χ0) is 9.68. The molecule has 0 saturated carbocycles. The van der Waals surface area contributed by atoms with E-state index in [1.165, 1.54) is 5.56 Å². The van der Waals surface area contributed by atoms with Gasteiger partial charge in [-0.05, 0) is 49.5 Å². The third-order valence-electron chi connectivity index (χ3n) is 2.01. The predicted octanol–water partition coefficient (Wildman–Crippen LogP) is 1.20. The molecule has 0 aliphatic rings. The molecule has 1 rings (SSSR count). The van der Waals surface area contributed by atoms with Crippen molar-refractivity contribution in [3.63, 3.8) is 0 Å². The molecule has 0 aliphatic carbocycles. The van der Waals surface area contributed by atoms with Gasteiger partial charge in [0.05, 0.1) is 0 Å². The van der Waals surface area contributed by atoms with Crippen LogP contribution >= 0.6 is 11.3 Å². The topological polar surface area (TPSA) is 41.3 Å². The molecule has 0 saturated heterocycles. The largest absolute Gasteiger partial charge is 0.309 e. The van der Waals surface area contributed by atoms with E-state index < -0.39 is 0 Å². The highest BCUT2D eigenvalue weighted by molar-refractivity contribution is 7.07. The Morgan fingerprint density at radius 2 is 2.38 bits per heavy atom. The monoisotopic (exact) mass is 199 g/mol. The molecule has 0 amide bonds. The fourth-order valence-electron chi connectivity index (χ4n) is 1.21. The van der Waals surface area contributed by atoms with Crippen LogP contribution in [-0.4, -0.2) is 25.5 Å². The fraction of sp³-hybridized carbons (Fsp3) is 0.556. The summed E-state index contributed by atoms with van der Waals surface area (Å²) in [6.07, 6.45) is 1.04. The van der Waals surface area contributed by atoms with Crippen molar-refractivity contribution >= 4 is 11.3 Å². The van der Waals surface area contributed by atoms with Gasteiger partial charge in [-0.15, -0.1) is 0 Å². The molecule has 1 aromatic rings. The van der Waals surface area contributed by atoms with Crippen molar-refractivity contribution in [1.82, 2.24) is 10.3 Å². The SMILES string of the molecule is CN(C)CCC(NN)c1ccsc1. The first-order valence-electron chi connectivity index (χ1n) is 4.37. The molecule has 0 radical (unpaired) electrons. The number of nitrogens with zero attached hydrogens (tertiary/aromatic N) is 1. The molecule has 0 fully saturated rings. The van der Waals surface area contributed by atoms with Crippen LogP contribution in [-0.2, 0) is 0 Å². The van der Waals surface area contributed by atoms with Crippen LogP contribution in [0.5, 0.6) is 0 Å². The lowest BCUT2D eigenvalue weighted by atomic mass is 10.1. The molecule has 1 unspecified atom stereocenters. The number of nitrogens with two attached hydrogens (primary N) is 1. The number of thiophene rings is 1. The average Bonchev–Trinajstić information content (AvgIpc) is 2.58. The van der Waals surface area contributed by atoms with Crippen molar-refractivity contribution in [2.24, 2.45) is 5.84 Å². The molecule has 0 aliphatic heterocycles. The lowest BCUT2D eigenvalue weighted by Gasteiger charge is -2.17. The molecule has 4 heteroatoms.